The van der Waals surface area contributed by atoms with E-state index >= 15 is 0 Å². The molecule has 1 rings (SSSR count). The number of carbonyl (C=O) groups is 2. The Balaban J connectivity index is 3.45. The smallest absolute Gasteiger partial charge is 0.305 e. The van der Waals surface area contributed by atoms with Crippen molar-refractivity contribution in [3.8, 4) is 0 Å². The minimum absolute atomic E-state index is 0.0422. The zero-order valence-corrected chi connectivity index (χ0v) is 21.6. The molecule has 0 N–H and O–H groups in total. The van der Waals surface area contributed by atoms with Crippen molar-refractivity contribution in [2.24, 2.45) is 22.7 Å². The molecule has 0 heterocycles. The minimum Gasteiger partial charge on any atom is -0.466 e. The van der Waals surface area contributed by atoms with Crippen LogP contribution in [0.1, 0.15) is 101 Å². The molecule has 0 bridgehead atoms. The molecule has 31 heavy (non-hydrogen) atoms. The molecule has 0 radical (unpaired) electrons. The lowest BCUT2D eigenvalue weighted by atomic mass is 9.50. The van der Waals surface area contributed by atoms with Crippen molar-refractivity contribution in [2.45, 2.75) is 101 Å². The first-order chi connectivity index (χ1) is 14.4. The third-order valence-corrected chi connectivity index (χ3v) is 7.01. The van der Waals surface area contributed by atoms with E-state index in [4.69, 9.17) is 4.74 Å². The number of allylic oxidation sites excluding steroid dienone is 6. The molecule has 176 valence electrons. The standard InChI is InChI=1S/C28H46O3/c1-10-31-25(29)16-18-28(17-15-22(6)7)19-23(13-11-20(2)3)27(8,9)24(26(28)30)14-12-21(4)5/h11-12,15,23-24H,10,13-14,16-19H2,1-9H3/t23-,24+,28-/m0/s1. The Bertz CT molecular complexity index is 711. The van der Waals surface area contributed by atoms with Gasteiger partial charge in [0.05, 0.1) is 6.61 Å². The van der Waals surface area contributed by atoms with Crippen molar-refractivity contribution >= 4 is 11.8 Å². The number of carbonyl (C=O) groups excluding carboxylic acids is 2. The van der Waals surface area contributed by atoms with Gasteiger partial charge in [0.25, 0.3) is 0 Å². The van der Waals surface area contributed by atoms with Crippen LogP contribution in [0, 0.1) is 22.7 Å². The summed E-state index contributed by atoms with van der Waals surface area (Å²) in [6, 6.07) is 0. The molecule has 3 heteroatoms. The summed E-state index contributed by atoms with van der Waals surface area (Å²) in [6.45, 7) is 19.4. The van der Waals surface area contributed by atoms with Crippen LogP contribution in [0.2, 0.25) is 0 Å². The quantitative estimate of drug-likeness (QED) is 0.264. The highest BCUT2D eigenvalue weighted by Crippen LogP contribution is 2.56. The van der Waals surface area contributed by atoms with Crippen molar-refractivity contribution in [1.29, 1.82) is 0 Å². The van der Waals surface area contributed by atoms with Gasteiger partial charge >= 0.3 is 5.97 Å². The van der Waals surface area contributed by atoms with Crippen LogP contribution in [-0.4, -0.2) is 18.4 Å². The molecule has 1 saturated carbocycles. The van der Waals surface area contributed by atoms with E-state index in [2.05, 4.69) is 73.6 Å². The first-order valence-corrected chi connectivity index (χ1v) is 12.0. The number of rotatable bonds is 10. The van der Waals surface area contributed by atoms with E-state index in [0.717, 1.165) is 19.3 Å². The Morgan fingerprint density at radius 2 is 1.52 bits per heavy atom. The molecule has 0 amide bonds. The van der Waals surface area contributed by atoms with Crippen molar-refractivity contribution in [3.63, 3.8) is 0 Å². The molecule has 0 aromatic carbocycles. The second kappa shape index (κ2) is 11.8. The van der Waals surface area contributed by atoms with E-state index in [1.165, 1.54) is 16.7 Å². The van der Waals surface area contributed by atoms with Crippen molar-refractivity contribution in [3.05, 3.63) is 34.9 Å². The van der Waals surface area contributed by atoms with Crippen LogP contribution in [0.25, 0.3) is 0 Å². The monoisotopic (exact) mass is 430 g/mol. The summed E-state index contributed by atoms with van der Waals surface area (Å²) in [5.74, 6) is 0.492. The van der Waals surface area contributed by atoms with E-state index in [1.54, 1.807) is 0 Å². The highest BCUT2D eigenvalue weighted by molar-refractivity contribution is 5.89. The van der Waals surface area contributed by atoms with Gasteiger partial charge in [-0.2, -0.15) is 0 Å². The molecule has 1 fully saturated rings. The Morgan fingerprint density at radius 3 is 2.03 bits per heavy atom. The van der Waals surface area contributed by atoms with Crippen LogP contribution in [0.3, 0.4) is 0 Å². The zero-order chi connectivity index (χ0) is 23.8. The van der Waals surface area contributed by atoms with Gasteiger partial charge in [0.15, 0.2) is 0 Å². The van der Waals surface area contributed by atoms with E-state index in [-0.39, 0.29) is 17.3 Å². The van der Waals surface area contributed by atoms with Gasteiger partial charge in [0.2, 0.25) is 0 Å². The highest BCUT2D eigenvalue weighted by Gasteiger charge is 2.54. The fourth-order valence-corrected chi connectivity index (χ4v) is 4.84. The highest BCUT2D eigenvalue weighted by atomic mass is 16.5. The van der Waals surface area contributed by atoms with Crippen molar-refractivity contribution in [1.82, 2.24) is 0 Å². The lowest BCUT2D eigenvalue weighted by molar-refractivity contribution is -0.151. The van der Waals surface area contributed by atoms with Crippen LogP contribution in [0.4, 0.5) is 0 Å². The Morgan fingerprint density at radius 1 is 0.968 bits per heavy atom. The zero-order valence-electron chi connectivity index (χ0n) is 21.6. The number of hydrogen-bond acceptors (Lipinski definition) is 3. The number of esters is 1. The van der Waals surface area contributed by atoms with E-state index in [9.17, 15) is 9.59 Å². The fraction of sp³-hybridized carbons (Fsp3) is 0.714. The minimum atomic E-state index is -0.500. The summed E-state index contributed by atoms with van der Waals surface area (Å²) in [4.78, 5) is 26.3. The van der Waals surface area contributed by atoms with Gasteiger partial charge in [-0.3, -0.25) is 9.59 Å². The third kappa shape index (κ3) is 7.77. The normalized spacial score (nSPS) is 24.9. The molecule has 0 aliphatic heterocycles. The summed E-state index contributed by atoms with van der Waals surface area (Å²) in [5.41, 5.74) is 3.19. The molecule has 0 aromatic heterocycles. The predicted molar refractivity (Wildman–Crippen MR) is 131 cm³/mol. The molecule has 0 unspecified atom stereocenters. The van der Waals surface area contributed by atoms with Crippen LogP contribution < -0.4 is 0 Å². The number of Topliss-reactive ketones (excluding diaryl/α,β-unsaturated/α-hetero) is 1. The summed E-state index contributed by atoms with van der Waals surface area (Å²) >= 11 is 0. The Kier molecular flexibility index (Phi) is 10.5. The molecule has 0 aromatic rings. The molecule has 3 nitrogen and oxygen atoms in total. The Hall–Kier alpha value is -1.64. The van der Waals surface area contributed by atoms with E-state index in [1.807, 2.05) is 6.92 Å². The van der Waals surface area contributed by atoms with Crippen molar-refractivity contribution < 1.29 is 14.3 Å². The maximum atomic E-state index is 14.1. The number of ketones is 1. The van der Waals surface area contributed by atoms with Gasteiger partial charge in [-0.25, -0.2) is 0 Å². The largest absolute Gasteiger partial charge is 0.466 e. The second-order valence-corrected chi connectivity index (χ2v) is 10.7. The molecular formula is C28H46O3. The van der Waals surface area contributed by atoms with E-state index < -0.39 is 5.41 Å². The van der Waals surface area contributed by atoms with Gasteiger partial charge in [-0.15, -0.1) is 0 Å². The first kappa shape index (κ1) is 27.4. The van der Waals surface area contributed by atoms with E-state index in [0.29, 0.717) is 37.6 Å². The molecule has 0 saturated heterocycles. The van der Waals surface area contributed by atoms with Crippen LogP contribution >= 0.6 is 0 Å². The molecule has 3 atom stereocenters. The summed E-state index contributed by atoms with van der Waals surface area (Å²) in [6.07, 6.45) is 10.9. The Labute approximate surface area is 191 Å². The van der Waals surface area contributed by atoms with Gasteiger partial charge in [-0.1, -0.05) is 48.8 Å². The number of ether oxygens (including phenoxy) is 1. The van der Waals surface area contributed by atoms with Crippen LogP contribution in [0.15, 0.2) is 34.9 Å². The van der Waals surface area contributed by atoms with Crippen molar-refractivity contribution in [2.75, 3.05) is 6.61 Å². The van der Waals surface area contributed by atoms with Gasteiger partial charge in [0, 0.05) is 17.8 Å². The molecule has 0 spiro atoms. The molecule has 1 aliphatic rings. The average molecular weight is 431 g/mol. The predicted octanol–water partition coefficient (Wildman–Crippen LogP) is 7.62. The summed E-state index contributed by atoms with van der Waals surface area (Å²) < 4.78 is 5.21. The third-order valence-electron chi connectivity index (χ3n) is 7.01. The SMILES string of the molecule is CCOC(=O)CC[C@@]1(CC=C(C)C)C[C@H](CC=C(C)C)C(C)(C)[C@H](CC=C(C)C)C1=O. The molecule has 1 aliphatic carbocycles. The molecular weight excluding hydrogens is 384 g/mol. The van der Waals surface area contributed by atoms with Crippen LogP contribution in [0.5, 0.6) is 0 Å². The second-order valence-electron chi connectivity index (χ2n) is 10.7. The summed E-state index contributed by atoms with van der Waals surface area (Å²) in [5, 5.41) is 0. The van der Waals surface area contributed by atoms with Gasteiger partial charge in [0.1, 0.15) is 5.78 Å². The number of hydrogen-bond donors (Lipinski definition) is 0. The lowest BCUT2D eigenvalue weighted by Crippen LogP contribution is -2.52. The van der Waals surface area contributed by atoms with Gasteiger partial charge < -0.3 is 4.74 Å². The van der Waals surface area contributed by atoms with Gasteiger partial charge in [-0.05, 0) is 91.9 Å². The topological polar surface area (TPSA) is 43.4 Å². The maximum Gasteiger partial charge on any atom is 0.305 e. The lowest BCUT2D eigenvalue weighted by Gasteiger charge is -2.52. The van der Waals surface area contributed by atoms with Crippen LogP contribution in [-0.2, 0) is 14.3 Å². The summed E-state index contributed by atoms with van der Waals surface area (Å²) in [7, 11) is 0. The average Bonchev–Trinajstić information content (AvgIpc) is 2.65. The maximum absolute atomic E-state index is 14.1. The first-order valence-electron chi connectivity index (χ1n) is 12.0. The fourth-order valence-electron chi connectivity index (χ4n) is 4.84.